The third-order valence-corrected chi connectivity index (χ3v) is 5.18. The highest BCUT2D eigenvalue weighted by Crippen LogP contribution is 2.37. The largest absolute Gasteiger partial charge is 0.460 e. The molecule has 1 aromatic carbocycles. The lowest BCUT2D eigenvalue weighted by molar-refractivity contribution is -0.112. The fraction of sp³-hybridized carbons (Fsp3) is 0.444. The second-order valence-electron chi connectivity index (χ2n) is 6.21. The standard InChI is InChI=1S/C18H20FNO2S/c19-16-8-14(10-20-5-2-1-3-6-20)17-15(9-16)11-21-18(22-17)13-4-7-23-12-13/h4,7-9,12,18H,1-3,5-6,10-11H2/t18-/m0/s1. The molecule has 1 fully saturated rings. The molecule has 3 heterocycles. The maximum atomic E-state index is 14.0. The average Bonchev–Trinajstić information content (AvgIpc) is 3.10. The van der Waals surface area contributed by atoms with Gasteiger partial charge in [-0.1, -0.05) is 6.42 Å². The van der Waals surface area contributed by atoms with E-state index in [-0.39, 0.29) is 12.1 Å². The van der Waals surface area contributed by atoms with Crippen LogP contribution in [-0.4, -0.2) is 18.0 Å². The predicted octanol–water partition coefficient (Wildman–Crippen LogP) is 4.48. The summed E-state index contributed by atoms with van der Waals surface area (Å²) in [5, 5.41) is 4.04. The number of thiophene rings is 1. The summed E-state index contributed by atoms with van der Waals surface area (Å²) in [5.41, 5.74) is 2.77. The maximum absolute atomic E-state index is 14.0. The van der Waals surface area contributed by atoms with Gasteiger partial charge in [0.05, 0.1) is 6.61 Å². The fourth-order valence-electron chi connectivity index (χ4n) is 3.33. The summed E-state index contributed by atoms with van der Waals surface area (Å²) in [6.45, 7) is 3.29. The van der Waals surface area contributed by atoms with Gasteiger partial charge in [0, 0.05) is 28.6 Å². The normalized spacial score (nSPS) is 21.7. The second kappa shape index (κ2) is 6.59. The molecule has 122 valence electrons. The lowest BCUT2D eigenvalue weighted by Crippen LogP contribution is -2.30. The van der Waals surface area contributed by atoms with E-state index in [1.807, 2.05) is 16.8 Å². The number of piperidine rings is 1. The van der Waals surface area contributed by atoms with Crippen molar-refractivity contribution in [2.24, 2.45) is 0 Å². The van der Waals surface area contributed by atoms with Gasteiger partial charge in [-0.25, -0.2) is 4.39 Å². The molecular formula is C18H20FNO2S. The highest BCUT2D eigenvalue weighted by molar-refractivity contribution is 7.07. The van der Waals surface area contributed by atoms with Gasteiger partial charge in [-0.3, -0.25) is 4.90 Å². The van der Waals surface area contributed by atoms with Gasteiger partial charge in [0.25, 0.3) is 0 Å². The monoisotopic (exact) mass is 333 g/mol. The van der Waals surface area contributed by atoms with Crippen molar-refractivity contribution >= 4 is 11.3 Å². The number of benzene rings is 1. The number of halogens is 1. The number of rotatable bonds is 3. The summed E-state index contributed by atoms with van der Waals surface area (Å²) >= 11 is 1.62. The van der Waals surface area contributed by atoms with Gasteiger partial charge in [0.2, 0.25) is 6.29 Å². The Bertz CT molecular complexity index is 668. The van der Waals surface area contributed by atoms with E-state index < -0.39 is 0 Å². The maximum Gasteiger partial charge on any atom is 0.227 e. The average molecular weight is 333 g/mol. The summed E-state index contributed by atoms with van der Waals surface area (Å²) in [4.78, 5) is 2.39. The van der Waals surface area contributed by atoms with E-state index in [0.29, 0.717) is 6.61 Å². The van der Waals surface area contributed by atoms with Crippen molar-refractivity contribution in [2.75, 3.05) is 13.1 Å². The van der Waals surface area contributed by atoms with Gasteiger partial charge < -0.3 is 9.47 Å². The van der Waals surface area contributed by atoms with E-state index in [9.17, 15) is 4.39 Å². The molecule has 0 aliphatic carbocycles. The van der Waals surface area contributed by atoms with Crippen LogP contribution in [0.15, 0.2) is 29.0 Å². The molecule has 23 heavy (non-hydrogen) atoms. The van der Waals surface area contributed by atoms with Gasteiger partial charge >= 0.3 is 0 Å². The van der Waals surface area contributed by atoms with Crippen LogP contribution in [-0.2, 0) is 17.9 Å². The van der Waals surface area contributed by atoms with Crippen LogP contribution in [0.5, 0.6) is 5.75 Å². The number of hydrogen-bond acceptors (Lipinski definition) is 4. The lowest BCUT2D eigenvalue weighted by Gasteiger charge is -2.31. The van der Waals surface area contributed by atoms with Gasteiger partial charge in [0.15, 0.2) is 0 Å². The summed E-state index contributed by atoms with van der Waals surface area (Å²) < 4.78 is 25.8. The van der Waals surface area contributed by atoms with Crippen LogP contribution in [0.1, 0.15) is 42.2 Å². The Hall–Kier alpha value is -1.43. The van der Waals surface area contributed by atoms with Crippen molar-refractivity contribution < 1.29 is 13.9 Å². The predicted molar refractivity (Wildman–Crippen MR) is 88.0 cm³/mol. The molecular weight excluding hydrogens is 313 g/mol. The molecule has 0 unspecified atom stereocenters. The fourth-order valence-corrected chi connectivity index (χ4v) is 3.99. The highest BCUT2D eigenvalue weighted by Gasteiger charge is 2.26. The van der Waals surface area contributed by atoms with Crippen molar-refractivity contribution in [3.8, 4) is 5.75 Å². The molecule has 1 aromatic heterocycles. The minimum Gasteiger partial charge on any atom is -0.460 e. The third-order valence-electron chi connectivity index (χ3n) is 4.48. The van der Waals surface area contributed by atoms with Crippen molar-refractivity contribution in [3.63, 3.8) is 0 Å². The molecule has 0 amide bonds. The van der Waals surface area contributed by atoms with Crippen LogP contribution >= 0.6 is 11.3 Å². The molecule has 1 atom stereocenters. The first-order valence-electron chi connectivity index (χ1n) is 8.13. The molecule has 0 radical (unpaired) electrons. The van der Waals surface area contributed by atoms with Gasteiger partial charge in [-0.15, -0.1) is 0 Å². The van der Waals surface area contributed by atoms with Gasteiger partial charge in [-0.2, -0.15) is 11.3 Å². The number of nitrogens with zero attached hydrogens (tertiary/aromatic N) is 1. The number of fused-ring (bicyclic) bond motifs is 1. The zero-order chi connectivity index (χ0) is 15.6. The van der Waals surface area contributed by atoms with Crippen LogP contribution in [0.25, 0.3) is 0 Å². The first-order valence-corrected chi connectivity index (χ1v) is 9.08. The molecule has 0 spiro atoms. The number of hydrogen-bond donors (Lipinski definition) is 0. The minimum atomic E-state index is -0.390. The van der Waals surface area contributed by atoms with Crippen molar-refractivity contribution in [1.29, 1.82) is 0 Å². The molecule has 0 N–H and O–H groups in total. The van der Waals surface area contributed by atoms with E-state index in [0.717, 1.165) is 42.1 Å². The highest BCUT2D eigenvalue weighted by atomic mass is 32.1. The van der Waals surface area contributed by atoms with Crippen LogP contribution in [0.3, 0.4) is 0 Å². The van der Waals surface area contributed by atoms with Crippen LogP contribution < -0.4 is 4.74 Å². The second-order valence-corrected chi connectivity index (χ2v) is 6.99. The van der Waals surface area contributed by atoms with E-state index in [4.69, 9.17) is 9.47 Å². The van der Waals surface area contributed by atoms with Crippen LogP contribution in [0.4, 0.5) is 4.39 Å². The Labute approximate surface area is 139 Å². The van der Waals surface area contributed by atoms with Crippen LogP contribution in [0.2, 0.25) is 0 Å². The summed E-state index contributed by atoms with van der Waals surface area (Å²) in [6, 6.07) is 5.15. The molecule has 0 bridgehead atoms. The number of ether oxygens (including phenoxy) is 2. The van der Waals surface area contributed by atoms with Crippen molar-refractivity contribution in [2.45, 2.75) is 38.7 Å². The first kappa shape index (κ1) is 15.1. The molecule has 1 saturated heterocycles. The molecule has 5 heteroatoms. The quantitative estimate of drug-likeness (QED) is 0.826. The van der Waals surface area contributed by atoms with E-state index in [1.54, 1.807) is 17.4 Å². The van der Waals surface area contributed by atoms with E-state index in [2.05, 4.69) is 4.90 Å². The zero-order valence-corrected chi connectivity index (χ0v) is 13.8. The Kier molecular flexibility index (Phi) is 4.33. The third kappa shape index (κ3) is 3.27. The summed E-state index contributed by atoms with van der Waals surface area (Å²) in [7, 11) is 0. The topological polar surface area (TPSA) is 21.7 Å². The summed E-state index contributed by atoms with van der Waals surface area (Å²) in [5.74, 6) is 0.594. The SMILES string of the molecule is Fc1cc2c(c(CN3CCCCC3)c1)O[C@@H](c1ccsc1)OC2. The smallest absolute Gasteiger partial charge is 0.227 e. The Morgan fingerprint density at radius 3 is 2.87 bits per heavy atom. The minimum absolute atomic E-state index is 0.211. The van der Waals surface area contributed by atoms with Crippen LogP contribution in [0, 0.1) is 5.82 Å². The molecule has 2 aromatic rings. The lowest BCUT2D eigenvalue weighted by atomic mass is 10.0. The Balaban J connectivity index is 1.60. The molecule has 3 nitrogen and oxygen atoms in total. The molecule has 2 aliphatic heterocycles. The van der Waals surface area contributed by atoms with Crippen molar-refractivity contribution in [1.82, 2.24) is 4.90 Å². The van der Waals surface area contributed by atoms with Crippen molar-refractivity contribution in [3.05, 3.63) is 51.5 Å². The summed E-state index contributed by atoms with van der Waals surface area (Å²) in [6.07, 6.45) is 3.35. The van der Waals surface area contributed by atoms with Gasteiger partial charge in [-0.05, 0) is 49.5 Å². The number of likely N-dealkylation sites (tertiary alicyclic amines) is 1. The van der Waals surface area contributed by atoms with E-state index in [1.165, 1.54) is 25.3 Å². The Morgan fingerprint density at radius 2 is 2.09 bits per heavy atom. The molecule has 4 rings (SSSR count). The van der Waals surface area contributed by atoms with Gasteiger partial charge in [0.1, 0.15) is 11.6 Å². The van der Waals surface area contributed by atoms with E-state index >= 15 is 0 Å². The molecule has 0 saturated carbocycles. The Morgan fingerprint density at radius 1 is 1.22 bits per heavy atom. The zero-order valence-electron chi connectivity index (χ0n) is 13.0. The first-order chi connectivity index (χ1) is 11.3. The molecule has 2 aliphatic rings.